The van der Waals surface area contributed by atoms with Crippen molar-refractivity contribution in [3.63, 3.8) is 0 Å². The maximum Gasteiger partial charge on any atom is 0.0679 e. The Labute approximate surface area is 135 Å². The van der Waals surface area contributed by atoms with Crippen molar-refractivity contribution in [1.29, 1.82) is 0 Å². The van der Waals surface area contributed by atoms with Crippen LogP contribution in [0.3, 0.4) is 0 Å². The van der Waals surface area contributed by atoms with Gasteiger partial charge in [-0.3, -0.25) is 0 Å². The number of benzene rings is 1. The lowest BCUT2D eigenvalue weighted by atomic mass is 9.87. The van der Waals surface area contributed by atoms with Gasteiger partial charge in [0.2, 0.25) is 0 Å². The Morgan fingerprint density at radius 1 is 1.19 bits per heavy atom. The summed E-state index contributed by atoms with van der Waals surface area (Å²) in [5.74, 6) is 0.982. The zero-order valence-corrected chi connectivity index (χ0v) is 14.2. The minimum Gasteiger partial charge on any atom is -0.394 e. The molecule has 0 fully saturated rings. The summed E-state index contributed by atoms with van der Waals surface area (Å²) in [6.45, 7) is 4.36. The standard InChI is InChI=1S/C17H23NOS2/c1-14(2)18-17(13-19,15-7-4-3-5-8-15)10-12-21-16-9-6-11-20-16/h3-9,11,14,18-19H,10,12-13H2,1-2H3. The fourth-order valence-electron chi connectivity index (χ4n) is 2.50. The van der Waals surface area contributed by atoms with Crippen LogP contribution >= 0.6 is 23.1 Å². The molecule has 0 spiro atoms. The normalized spacial score (nSPS) is 14.3. The Balaban J connectivity index is 2.11. The number of hydrogen-bond acceptors (Lipinski definition) is 4. The van der Waals surface area contributed by atoms with Crippen molar-refractivity contribution in [2.45, 2.75) is 36.1 Å². The Morgan fingerprint density at radius 2 is 1.95 bits per heavy atom. The van der Waals surface area contributed by atoms with E-state index in [1.54, 1.807) is 11.3 Å². The molecule has 0 aliphatic carbocycles. The Hall–Kier alpha value is -0.810. The predicted molar refractivity (Wildman–Crippen MR) is 93.1 cm³/mol. The number of hydrogen-bond donors (Lipinski definition) is 2. The average molecular weight is 322 g/mol. The van der Waals surface area contributed by atoms with Gasteiger partial charge in [-0.05, 0) is 37.3 Å². The lowest BCUT2D eigenvalue weighted by Gasteiger charge is -2.35. The molecule has 2 aromatic rings. The van der Waals surface area contributed by atoms with E-state index in [9.17, 15) is 5.11 Å². The van der Waals surface area contributed by atoms with Crippen molar-refractivity contribution >= 4 is 23.1 Å². The van der Waals surface area contributed by atoms with E-state index < -0.39 is 0 Å². The summed E-state index contributed by atoms with van der Waals surface area (Å²) in [7, 11) is 0. The van der Waals surface area contributed by atoms with E-state index in [4.69, 9.17) is 0 Å². The molecule has 114 valence electrons. The number of nitrogens with one attached hydrogen (secondary N) is 1. The van der Waals surface area contributed by atoms with Gasteiger partial charge in [0, 0.05) is 11.8 Å². The third-order valence-electron chi connectivity index (χ3n) is 3.43. The summed E-state index contributed by atoms with van der Waals surface area (Å²) in [6.07, 6.45) is 0.897. The molecule has 0 bridgehead atoms. The summed E-state index contributed by atoms with van der Waals surface area (Å²) >= 11 is 3.63. The number of aliphatic hydroxyl groups is 1. The quantitative estimate of drug-likeness (QED) is 0.718. The van der Waals surface area contributed by atoms with E-state index in [0.29, 0.717) is 6.04 Å². The monoisotopic (exact) mass is 321 g/mol. The third kappa shape index (κ3) is 4.58. The van der Waals surface area contributed by atoms with Crippen molar-refractivity contribution in [1.82, 2.24) is 5.32 Å². The molecule has 2 N–H and O–H groups in total. The van der Waals surface area contributed by atoms with Crippen LogP contribution in [0.1, 0.15) is 25.8 Å². The molecule has 1 atom stereocenters. The van der Waals surface area contributed by atoms with Gasteiger partial charge in [0.1, 0.15) is 0 Å². The van der Waals surface area contributed by atoms with E-state index >= 15 is 0 Å². The molecule has 1 aromatic heterocycles. The van der Waals surface area contributed by atoms with Gasteiger partial charge >= 0.3 is 0 Å². The van der Waals surface area contributed by atoms with Crippen molar-refractivity contribution in [2.75, 3.05) is 12.4 Å². The van der Waals surface area contributed by atoms with Crippen molar-refractivity contribution in [3.05, 3.63) is 53.4 Å². The molecule has 2 rings (SSSR count). The summed E-state index contributed by atoms with van der Waals surface area (Å²) in [5.41, 5.74) is 0.799. The molecule has 0 saturated heterocycles. The smallest absolute Gasteiger partial charge is 0.0679 e. The second-order valence-electron chi connectivity index (χ2n) is 5.44. The Bertz CT molecular complexity index is 513. The van der Waals surface area contributed by atoms with Gasteiger partial charge in [-0.2, -0.15) is 0 Å². The highest BCUT2D eigenvalue weighted by Crippen LogP contribution is 2.31. The number of rotatable bonds is 8. The van der Waals surface area contributed by atoms with Gasteiger partial charge in [-0.25, -0.2) is 0 Å². The molecule has 4 heteroatoms. The maximum absolute atomic E-state index is 10.1. The highest BCUT2D eigenvalue weighted by atomic mass is 32.2. The van der Waals surface area contributed by atoms with Crippen molar-refractivity contribution in [3.8, 4) is 0 Å². The molecule has 0 aliphatic heterocycles. The van der Waals surface area contributed by atoms with Gasteiger partial charge in [0.25, 0.3) is 0 Å². The predicted octanol–water partition coefficient (Wildman–Crippen LogP) is 4.12. The molecule has 2 nitrogen and oxygen atoms in total. The van der Waals surface area contributed by atoms with E-state index in [1.807, 2.05) is 30.0 Å². The van der Waals surface area contributed by atoms with Crippen LogP contribution in [0.5, 0.6) is 0 Å². The highest BCUT2D eigenvalue weighted by molar-refractivity contribution is 8.01. The van der Waals surface area contributed by atoms with Crippen LogP contribution in [0.15, 0.2) is 52.1 Å². The summed E-state index contributed by atoms with van der Waals surface area (Å²) in [4.78, 5) is 0. The zero-order valence-electron chi connectivity index (χ0n) is 12.6. The fraction of sp³-hybridized carbons (Fsp3) is 0.412. The number of aliphatic hydroxyl groups excluding tert-OH is 1. The molecular formula is C17H23NOS2. The number of thioether (sulfide) groups is 1. The molecule has 0 aliphatic rings. The van der Waals surface area contributed by atoms with Crippen LogP contribution in [0.4, 0.5) is 0 Å². The lowest BCUT2D eigenvalue weighted by molar-refractivity contribution is 0.147. The Kier molecular flexibility index (Phi) is 6.30. The zero-order chi connectivity index (χ0) is 15.1. The van der Waals surface area contributed by atoms with Gasteiger partial charge < -0.3 is 10.4 Å². The van der Waals surface area contributed by atoms with Gasteiger partial charge in [0.15, 0.2) is 0 Å². The van der Waals surface area contributed by atoms with E-state index in [-0.39, 0.29) is 12.1 Å². The largest absolute Gasteiger partial charge is 0.394 e. The second-order valence-corrected chi connectivity index (χ2v) is 7.78. The first kappa shape index (κ1) is 16.6. The third-order valence-corrected chi connectivity index (χ3v) is 5.56. The number of thiophene rings is 1. The molecule has 1 aromatic carbocycles. The van der Waals surface area contributed by atoms with Crippen molar-refractivity contribution < 1.29 is 5.11 Å². The van der Waals surface area contributed by atoms with Crippen LogP contribution < -0.4 is 5.32 Å². The minimum atomic E-state index is -0.361. The van der Waals surface area contributed by atoms with Gasteiger partial charge in [-0.15, -0.1) is 23.1 Å². The molecule has 0 amide bonds. The molecule has 1 heterocycles. The first-order chi connectivity index (χ1) is 10.2. The van der Waals surface area contributed by atoms with Crippen LogP contribution in [-0.4, -0.2) is 23.5 Å². The summed E-state index contributed by atoms with van der Waals surface area (Å²) < 4.78 is 1.33. The minimum absolute atomic E-state index is 0.111. The maximum atomic E-state index is 10.1. The van der Waals surface area contributed by atoms with Crippen molar-refractivity contribution in [2.24, 2.45) is 0 Å². The van der Waals surface area contributed by atoms with Crippen LogP contribution in [0.25, 0.3) is 0 Å². The summed E-state index contributed by atoms with van der Waals surface area (Å²) in [5, 5.41) is 15.7. The van der Waals surface area contributed by atoms with Crippen LogP contribution in [0, 0.1) is 0 Å². The lowest BCUT2D eigenvalue weighted by Crippen LogP contribution is -2.49. The van der Waals surface area contributed by atoms with E-state index in [1.165, 1.54) is 4.21 Å². The average Bonchev–Trinajstić information content (AvgIpc) is 3.00. The summed E-state index contributed by atoms with van der Waals surface area (Å²) in [6, 6.07) is 14.8. The Morgan fingerprint density at radius 3 is 2.52 bits per heavy atom. The van der Waals surface area contributed by atoms with E-state index in [2.05, 4.69) is 48.8 Å². The first-order valence-corrected chi connectivity index (χ1v) is 9.13. The van der Waals surface area contributed by atoms with E-state index in [0.717, 1.165) is 17.7 Å². The topological polar surface area (TPSA) is 32.3 Å². The fourth-order valence-corrected chi connectivity index (χ4v) is 4.46. The molecule has 1 unspecified atom stereocenters. The van der Waals surface area contributed by atoms with Gasteiger partial charge in [0.05, 0.1) is 16.4 Å². The van der Waals surface area contributed by atoms with Crippen LogP contribution in [-0.2, 0) is 5.54 Å². The molecule has 0 radical (unpaired) electrons. The molecule has 21 heavy (non-hydrogen) atoms. The SMILES string of the molecule is CC(C)NC(CO)(CCSc1cccs1)c1ccccc1. The molecule has 0 saturated carbocycles. The molecular weight excluding hydrogens is 298 g/mol. The van der Waals surface area contributed by atoms with Crippen LogP contribution in [0.2, 0.25) is 0 Å². The van der Waals surface area contributed by atoms with Gasteiger partial charge in [-0.1, -0.05) is 36.4 Å². The highest BCUT2D eigenvalue weighted by Gasteiger charge is 2.31. The second kappa shape index (κ2) is 7.99. The first-order valence-electron chi connectivity index (χ1n) is 7.27.